The molecule has 9 nitrogen and oxygen atoms in total. The summed E-state index contributed by atoms with van der Waals surface area (Å²) in [5.74, 6) is -1.94. The molecule has 12 heteroatoms. The van der Waals surface area contributed by atoms with Crippen molar-refractivity contribution in [3.8, 4) is 0 Å². The fourth-order valence-corrected chi connectivity index (χ4v) is 2.36. The fraction of sp³-hybridized carbons (Fsp3) is 0.545. The predicted octanol–water partition coefficient (Wildman–Crippen LogP) is -0.961. The van der Waals surface area contributed by atoms with Gasteiger partial charge in [0, 0.05) is 0 Å². The Hall–Kier alpha value is -2.02. The number of nitrogen functional groups attached to an aromatic ring is 1. The zero-order valence-electron chi connectivity index (χ0n) is 11.3. The van der Waals surface area contributed by atoms with Crippen molar-refractivity contribution in [3.05, 3.63) is 12.2 Å². The van der Waals surface area contributed by atoms with Crippen molar-refractivity contribution in [1.82, 2.24) is 19.5 Å². The van der Waals surface area contributed by atoms with Gasteiger partial charge in [-0.15, -0.1) is 0 Å². The van der Waals surface area contributed by atoms with Crippen molar-refractivity contribution < 1.29 is 33.2 Å². The third kappa shape index (κ3) is 2.49. The summed E-state index contributed by atoms with van der Waals surface area (Å²) < 4.78 is 44.7. The number of alkyl halides is 3. The van der Waals surface area contributed by atoms with Crippen LogP contribution in [0, 0.1) is 0 Å². The van der Waals surface area contributed by atoms with Crippen LogP contribution in [-0.4, -0.2) is 59.8 Å². The molecule has 0 amide bonds. The second-order valence-corrected chi connectivity index (χ2v) is 4.98. The van der Waals surface area contributed by atoms with E-state index in [4.69, 9.17) is 15.6 Å². The van der Waals surface area contributed by atoms with Crippen LogP contribution in [0.2, 0.25) is 0 Å². The van der Waals surface area contributed by atoms with Crippen LogP contribution >= 0.6 is 0 Å². The van der Waals surface area contributed by atoms with Gasteiger partial charge in [0.2, 0.25) is 5.82 Å². The molecular formula is C11H12F3N5O4. The average Bonchev–Trinajstić information content (AvgIpc) is 3.01. The Labute approximate surface area is 126 Å². The number of rotatable bonds is 2. The highest BCUT2D eigenvalue weighted by atomic mass is 19.4. The molecule has 2 aromatic heterocycles. The molecule has 1 unspecified atom stereocenters. The van der Waals surface area contributed by atoms with Crippen LogP contribution in [0.4, 0.5) is 19.0 Å². The molecule has 0 spiro atoms. The number of hydrogen-bond acceptors (Lipinski definition) is 8. The Kier molecular flexibility index (Phi) is 3.63. The van der Waals surface area contributed by atoms with E-state index in [1.807, 2.05) is 0 Å². The van der Waals surface area contributed by atoms with Gasteiger partial charge < -0.3 is 25.8 Å². The molecule has 0 saturated carbocycles. The fourth-order valence-electron chi connectivity index (χ4n) is 2.36. The Morgan fingerprint density at radius 3 is 2.52 bits per heavy atom. The molecule has 4 atom stereocenters. The first-order valence-electron chi connectivity index (χ1n) is 6.43. The number of anilines is 1. The normalized spacial score (nSPS) is 28.6. The predicted molar refractivity (Wildman–Crippen MR) is 67.7 cm³/mol. The van der Waals surface area contributed by atoms with E-state index in [1.54, 1.807) is 0 Å². The van der Waals surface area contributed by atoms with Crippen LogP contribution in [0.15, 0.2) is 6.33 Å². The van der Waals surface area contributed by atoms with Crippen LogP contribution < -0.4 is 5.73 Å². The lowest BCUT2D eigenvalue weighted by atomic mass is 10.1. The summed E-state index contributed by atoms with van der Waals surface area (Å²) >= 11 is 0. The first-order valence-corrected chi connectivity index (χ1v) is 6.43. The minimum Gasteiger partial charge on any atom is -0.394 e. The summed E-state index contributed by atoms with van der Waals surface area (Å²) in [5, 5.41) is 28.8. The van der Waals surface area contributed by atoms with Crippen LogP contribution in [0.25, 0.3) is 11.2 Å². The highest BCUT2D eigenvalue weighted by Gasteiger charge is 2.44. The number of aliphatic hydroxyl groups excluding tert-OH is 3. The molecular weight excluding hydrogens is 323 g/mol. The lowest BCUT2D eigenvalue weighted by molar-refractivity contribution is -0.144. The maximum absolute atomic E-state index is 12.8. The van der Waals surface area contributed by atoms with Gasteiger partial charge in [-0.3, -0.25) is 4.57 Å². The summed E-state index contributed by atoms with van der Waals surface area (Å²) in [5.41, 5.74) is 5.05. The molecule has 0 radical (unpaired) electrons. The standard InChI is InChI=1S/C11H12F3N5O4/c12-11(13,14)10-17-7(15)4-8(18-10)19(2-16-4)9-6(22)5(21)3(1-20)23-9/h2-3,5-6,9,20-22H,1H2,(H2,15,17,18)/t3-,5?,6+,9-/m1/s1. The molecule has 1 fully saturated rings. The first-order chi connectivity index (χ1) is 10.7. The van der Waals surface area contributed by atoms with Gasteiger partial charge >= 0.3 is 6.18 Å². The molecule has 0 aliphatic carbocycles. The van der Waals surface area contributed by atoms with Crippen molar-refractivity contribution in [3.63, 3.8) is 0 Å². The van der Waals surface area contributed by atoms with Gasteiger partial charge in [0.1, 0.15) is 23.8 Å². The Morgan fingerprint density at radius 1 is 1.26 bits per heavy atom. The number of nitrogens with zero attached hydrogens (tertiary/aromatic N) is 4. The van der Waals surface area contributed by atoms with Gasteiger partial charge in [0.25, 0.3) is 0 Å². The number of aromatic nitrogens is 4. The van der Waals surface area contributed by atoms with Crippen molar-refractivity contribution in [1.29, 1.82) is 0 Å². The van der Waals surface area contributed by atoms with Gasteiger partial charge in [-0.2, -0.15) is 13.2 Å². The van der Waals surface area contributed by atoms with Gasteiger partial charge in [-0.1, -0.05) is 0 Å². The second-order valence-electron chi connectivity index (χ2n) is 4.98. The number of fused-ring (bicyclic) bond motifs is 1. The lowest BCUT2D eigenvalue weighted by Crippen LogP contribution is -2.33. The van der Waals surface area contributed by atoms with Gasteiger partial charge in [-0.25, -0.2) is 15.0 Å². The summed E-state index contributed by atoms with van der Waals surface area (Å²) in [4.78, 5) is 10.3. The molecule has 1 aliphatic rings. The first kappa shape index (κ1) is 15.9. The molecule has 126 valence electrons. The minimum absolute atomic E-state index is 0.101. The van der Waals surface area contributed by atoms with Crippen LogP contribution in [0.3, 0.4) is 0 Å². The van der Waals surface area contributed by atoms with Crippen LogP contribution in [-0.2, 0) is 10.9 Å². The number of halogens is 3. The second kappa shape index (κ2) is 5.26. The van der Waals surface area contributed by atoms with E-state index in [2.05, 4.69) is 15.0 Å². The van der Waals surface area contributed by atoms with Crippen molar-refractivity contribution in [2.75, 3.05) is 12.3 Å². The molecule has 1 saturated heterocycles. The largest absolute Gasteiger partial charge is 0.451 e. The third-order valence-corrected chi connectivity index (χ3v) is 3.49. The number of aliphatic hydroxyl groups is 3. The van der Waals surface area contributed by atoms with Gasteiger partial charge in [0.05, 0.1) is 12.9 Å². The van der Waals surface area contributed by atoms with Crippen molar-refractivity contribution >= 4 is 17.0 Å². The van der Waals surface area contributed by atoms with E-state index in [0.717, 1.165) is 10.9 Å². The Balaban J connectivity index is 2.10. The van der Waals surface area contributed by atoms with Crippen molar-refractivity contribution in [2.45, 2.75) is 30.7 Å². The SMILES string of the molecule is Nc1nc(C(F)(F)F)nc2c1ncn2[C@@H]1O[C@H](CO)C(O)[C@@H]1O. The maximum Gasteiger partial charge on any atom is 0.451 e. The number of ether oxygens (including phenoxy) is 1. The van der Waals surface area contributed by atoms with Crippen molar-refractivity contribution in [2.24, 2.45) is 0 Å². The lowest BCUT2D eigenvalue weighted by Gasteiger charge is -2.17. The summed E-state index contributed by atoms with van der Waals surface area (Å²) in [6.45, 7) is -0.577. The maximum atomic E-state index is 12.8. The zero-order chi connectivity index (χ0) is 16.9. The third-order valence-electron chi connectivity index (χ3n) is 3.49. The topological polar surface area (TPSA) is 140 Å². The smallest absolute Gasteiger partial charge is 0.394 e. The van der Waals surface area contributed by atoms with E-state index in [-0.39, 0.29) is 11.2 Å². The van der Waals surface area contributed by atoms with Gasteiger partial charge in [-0.05, 0) is 0 Å². The summed E-state index contributed by atoms with van der Waals surface area (Å²) in [7, 11) is 0. The van der Waals surface area contributed by atoms with Crippen LogP contribution in [0.1, 0.15) is 12.1 Å². The molecule has 0 bridgehead atoms. The van der Waals surface area contributed by atoms with E-state index in [0.29, 0.717) is 0 Å². The number of imidazole rings is 1. The molecule has 5 N–H and O–H groups in total. The van der Waals surface area contributed by atoms with E-state index in [1.165, 1.54) is 0 Å². The molecule has 23 heavy (non-hydrogen) atoms. The quantitative estimate of drug-likeness (QED) is 0.550. The number of hydrogen-bond donors (Lipinski definition) is 4. The number of nitrogens with two attached hydrogens (primary N) is 1. The summed E-state index contributed by atoms with van der Waals surface area (Å²) in [6, 6.07) is 0. The van der Waals surface area contributed by atoms with E-state index in [9.17, 15) is 23.4 Å². The Bertz CT molecular complexity index is 736. The van der Waals surface area contributed by atoms with E-state index >= 15 is 0 Å². The average molecular weight is 335 g/mol. The monoisotopic (exact) mass is 335 g/mol. The molecule has 0 aromatic carbocycles. The Morgan fingerprint density at radius 2 is 1.96 bits per heavy atom. The van der Waals surface area contributed by atoms with Crippen LogP contribution in [0.5, 0.6) is 0 Å². The molecule has 2 aromatic rings. The van der Waals surface area contributed by atoms with Gasteiger partial charge in [0.15, 0.2) is 17.7 Å². The highest BCUT2D eigenvalue weighted by molar-refractivity contribution is 5.81. The highest BCUT2D eigenvalue weighted by Crippen LogP contribution is 2.33. The molecule has 3 rings (SSSR count). The zero-order valence-corrected chi connectivity index (χ0v) is 11.3. The minimum atomic E-state index is -4.82. The molecule has 3 heterocycles. The molecule has 1 aliphatic heterocycles. The summed E-state index contributed by atoms with van der Waals surface area (Å²) in [6.07, 6.45) is -9.02. The van der Waals surface area contributed by atoms with E-state index < -0.39 is 49.0 Å².